The maximum absolute atomic E-state index is 6.35. The molecule has 2 rings (SSSR count). The molecule has 16 heavy (non-hydrogen) atoms. The van der Waals surface area contributed by atoms with Gasteiger partial charge in [0.2, 0.25) is 0 Å². The molecular weight excluding hydrogens is 220 g/mol. The minimum Gasteiger partial charge on any atom is -0.398 e. The van der Waals surface area contributed by atoms with Gasteiger partial charge in [-0.05, 0) is 43.4 Å². The van der Waals surface area contributed by atoms with Gasteiger partial charge in [0.15, 0.2) is 0 Å². The Balaban J connectivity index is 2.24. The molecule has 3 heteroatoms. The largest absolute Gasteiger partial charge is 0.398 e. The number of nitrogens with two attached hydrogens (primary N) is 1. The Morgan fingerprint density at radius 1 is 1.31 bits per heavy atom. The fourth-order valence-electron chi connectivity index (χ4n) is 2.18. The lowest BCUT2D eigenvalue weighted by Gasteiger charge is -2.33. The number of piperidine rings is 1. The van der Waals surface area contributed by atoms with Crippen LogP contribution in [0, 0.1) is 12.8 Å². The molecule has 1 aliphatic heterocycles. The summed E-state index contributed by atoms with van der Waals surface area (Å²) >= 11 is 6.35. The molecule has 1 saturated heterocycles. The van der Waals surface area contributed by atoms with Gasteiger partial charge in [-0.1, -0.05) is 18.5 Å². The molecule has 0 bridgehead atoms. The van der Waals surface area contributed by atoms with Gasteiger partial charge >= 0.3 is 0 Å². The second kappa shape index (κ2) is 4.54. The molecule has 0 spiro atoms. The van der Waals surface area contributed by atoms with Crippen molar-refractivity contribution in [3.63, 3.8) is 0 Å². The number of nitrogens with zero attached hydrogens (tertiary/aromatic N) is 1. The van der Waals surface area contributed by atoms with Crippen LogP contribution in [0.4, 0.5) is 11.4 Å². The van der Waals surface area contributed by atoms with E-state index in [0.717, 1.165) is 41.0 Å². The second-order valence-corrected chi connectivity index (χ2v) is 5.16. The highest BCUT2D eigenvalue weighted by Gasteiger charge is 2.18. The van der Waals surface area contributed by atoms with Crippen molar-refractivity contribution >= 4 is 23.0 Å². The fraction of sp³-hybridized carbons (Fsp3) is 0.538. The van der Waals surface area contributed by atoms with Gasteiger partial charge in [0.25, 0.3) is 0 Å². The molecular formula is C13H19ClN2. The zero-order chi connectivity index (χ0) is 11.7. The number of hydrogen-bond donors (Lipinski definition) is 1. The summed E-state index contributed by atoms with van der Waals surface area (Å²) in [6.07, 6.45) is 2.50. The van der Waals surface area contributed by atoms with E-state index in [9.17, 15) is 0 Å². The summed E-state index contributed by atoms with van der Waals surface area (Å²) in [5.41, 5.74) is 8.75. The Kier molecular flexibility index (Phi) is 3.29. The van der Waals surface area contributed by atoms with Gasteiger partial charge < -0.3 is 10.6 Å². The van der Waals surface area contributed by atoms with Gasteiger partial charge in [-0.25, -0.2) is 0 Å². The van der Waals surface area contributed by atoms with E-state index in [1.807, 2.05) is 19.1 Å². The third-order valence-corrected chi connectivity index (χ3v) is 4.01. The van der Waals surface area contributed by atoms with Crippen molar-refractivity contribution < 1.29 is 0 Å². The first kappa shape index (κ1) is 11.6. The highest BCUT2D eigenvalue weighted by molar-refractivity contribution is 6.34. The average molecular weight is 239 g/mol. The molecule has 0 amide bonds. The Morgan fingerprint density at radius 3 is 2.56 bits per heavy atom. The standard InChI is InChI=1S/C13H19ClN2/c1-9-5-7-16(8-6-9)12-4-3-11(15)10(2)13(12)14/h3-4,9H,5-8,15H2,1-2H3. The van der Waals surface area contributed by atoms with E-state index in [1.165, 1.54) is 12.8 Å². The fourth-order valence-corrected chi connectivity index (χ4v) is 2.47. The van der Waals surface area contributed by atoms with Crippen LogP contribution in [0.1, 0.15) is 25.3 Å². The topological polar surface area (TPSA) is 29.3 Å². The molecule has 1 aliphatic rings. The van der Waals surface area contributed by atoms with Crippen LogP contribution in [0.5, 0.6) is 0 Å². The highest BCUT2D eigenvalue weighted by atomic mass is 35.5. The summed E-state index contributed by atoms with van der Waals surface area (Å²) in [4.78, 5) is 2.37. The van der Waals surface area contributed by atoms with Gasteiger partial charge in [0, 0.05) is 18.8 Å². The molecule has 2 nitrogen and oxygen atoms in total. The number of hydrogen-bond acceptors (Lipinski definition) is 2. The predicted octanol–water partition coefficient (Wildman–Crippen LogP) is 3.47. The second-order valence-electron chi connectivity index (χ2n) is 4.78. The van der Waals surface area contributed by atoms with Crippen LogP contribution in [0.15, 0.2) is 12.1 Å². The average Bonchev–Trinajstić information content (AvgIpc) is 2.28. The zero-order valence-electron chi connectivity index (χ0n) is 9.96. The number of nitrogen functional groups attached to an aromatic ring is 1. The van der Waals surface area contributed by atoms with E-state index < -0.39 is 0 Å². The van der Waals surface area contributed by atoms with E-state index in [2.05, 4.69) is 11.8 Å². The van der Waals surface area contributed by atoms with Crippen molar-refractivity contribution in [2.24, 2.45) is 5.92 Å². The lowest BCUT2D eigenvalue weighted by atomic mass is 9.98. The van der Waals surface area contributed by atoms with E-state index in [-0.39, 0.29) is 0 Å². The Labute approximate surface area is 102 Å². The minimum atomic E-state index is 0.777. The van der Waals surface area contributed by atoms with Gasteiger partial charge in [-0.15, -0.1) is 0 Å². The number of halogens is 1. The quantitative estimate of drug-likeness (QED) is 0.760. The monoisotopic (exact) mass is 238 g/mol. The maximum atomic E-state index is 6.35. The highest BCUT2D eigenvalue weighted by Crippen LogP contribution is 2.34. The van der Waals surface area contributed by atoms with Crippen molar-refractivity contribution in [3.8, 4) is 0 Å². The van der Waals surface area contributed by atoms with Crippen molar-refractivity contribution in [2.45, 2.75) is 26.7 Å². The summed E-state index contributed by atoms with van der Waals surface area (Å²) < 4.78 is 0. The van der Waals surface area contributed by atoms with Crippen molar-refractivity contribution in [2.75, 3.05) is 23.7 Å². The predicted molar refractivity (Wildman–Crippen MR) is 71.2 cm³/mol. The number of anilines is 2. The first-order valence-corrected chi connectivity index (χ1v) is 6.27. The van der Waals surface area contributed by atoms with Crippen LogP contribution >= 0.6 is 11.6 Å². The lowest BCUT2D eigenvalue weighted by molar-refractivity contribution is 0.438. The number of rotatable bonds is 1. The Hall–Kier alpha value is -0.890. The Morgan fingerprint density at radius 2 is 1.94 bits per heavy atom. The maximum Gasteiger partial charge on any atom is 0.0689 e. The number of benzene rings is 1. The summed E-state index contributed by atoms with van der Waals surface area (Å²) in [5, 5.41) is 0.814. The van der Waals surface area contributed by atoms with Crippen molar-refractivity contribution in [1.82, 2.24) is 0 Å². The molecule has 0 radical (unpaired) electrons. The van der Waals surface area contributed by atoms with Gasteiger partial charge in [0.05, 0.1) is 10.7 Å². The van der Waals surface area contributed by atoms with Crippen molar-refractivity contribution in [3.05, 3.63) is 22.7 Å². The summed E-state index contributed by atoms with van der Waals surface area (Å²) in [6.45, 7) is 6.50. The van der Waals surface area contributed by atoms with E-state index in [1.54, 1.807) is 0 Å². The molecule has 0 saturated carbocycles. The van der Waals surface area contributed by atoms with E-state index in [4.69, 9.17) is 17.3 Å². The molecule has 1 fully saturated rings. The van der Waals surface area contributed by atoms with Crippen LogP contribution < -0.4 is 10.6 Å². The van der Waals surface area contributed by atoms with Crippen LogP contribution in [-0.2, 0) is 0 Å². The van der Waals surface area contributed by atoms with E-state index in [0.29, 0.717) is 0 Å². The summed E-state index contributed by atoms with van der Waals surface area (Å²) in [7, 11) is 0. The normalized spacial score (nSPS) is 17.8. The molecule has 0 unspecified atom stereocenters. The smallest absolute Gasteiger partial charge is 0.0689 e. The minimum absolute atomic E-state index is 0.777. The molecule has 2 N–H and O–H groups in total. The van der Waals surface area contributed by atoms with E-state index >= 15 is 0 Å². The lowest BCUT2D eigenvalue weighted by Crippen LogP contribution is -2.33. The van der Waals surface area contributed by atoms with Crippen LogP contribution in [-0.4, -0.2) is 13.1 Å². The summed E-state index contributed by atoms with van der Waals surface area (Å²) in [5.74, 6) is 0.838. The SMILES string of the molecule is Cc1c(N)ccc(N2CCC(C)CC2)c1Cl. The molecule has 0 aromatic heterocycles. The molecule has 0 atom stereocenters. The van der Waals surface area contributed by atoms with Gasteiger partial charge in [-0.3, -0.25) is 0 Å². The van der Waals surface area contributed by atoms with Gasteiger partial charge in [0.1, 0.15) is 0 Å². The zero-order valence-corrected chi connectivity index (χ0v) is 10.7. The first-order valence-electron chi connectivity index (χ1n) is 5.89. The molecule has 1 aromatic carbocycles. The molecule has 1 heterocycles. The molecule has 88 valence electrons. The van der Waals surface area contributed by atoms with Crippen LogP contribution in [0.25, 0.3) is 0 Å². The first-order chi connectivity index (χ1) is 7.59. The van der Waals surface area contributed by atoms with Crippen molar-refractivity contribution in [1.29, 1.82) is 0 Å². The molecule has 0 aliphatic carbocycles. The summed E-state index contributed by atoms with van der Waals surface area (Å²) in [6, 6.07) is 4.00. The van der Waals surface area contributed by atoms with Gasteiger partial charge in [-0.2, -0.15) is 0 Å². The third kappa shape index (κ3) is 2.12. The third-order valence-electron chi connectivity index (χ3n) is 3.53. The van der Waals surface area contributed by atoms with Crippen LogP contribution in [0.2, 0.25) is 5.02 Å². The van der Waals surface area contributed by atoms with Crippen LogP contribution in [0.3, 0.4) is 0 Å². The Bertz CT molecular complexity index is 382. The molecule has 1 aromatic rings.